The highest BCUT2D eigenvalue weighted by Crippen LogP contribution is 2.30. The first kappa shape index (κ1) is 24.1. The van der Waals surface area contributed by atoms with Crippen molar-refractivity contribution in [2.45, 2.75) is 25.0 Å². The number of halogens is 2. The minimum Gasteiger partial charge on any atom is -0.378 e. The van der Waals surface area contributed by atoms with Crippen LogP contribution in [0.4, 0.5) is 11.4 Å². The van der Waals surface area contributed by atoms with Gasteiger partial charge in [-0.2, -0.15) is 0 Å². The fourth-order valence-corrected chi connectivity index (χ4v) is 4.74. The Kier molecular flexibility index (Phi) is 8.11. The Balaban J connectivity index is 1.45. The van der Waals surface area contributed by atoms with E-state index >= 15 is 0 Å². The molecule has 0 bridgehead atoms. The zero-order chi connectivity index (χ0) is 23.9. The van der Waals surface area contributed by atoms with E-state index in [1.165, 1.54) is 11.8 Å². The maximum Gasteiger partial charge on any atom is 0.225 e. The van der Waals surface area contributed by atoms with Gasteiger partial charge in [-0.15, -0.1) is 10.2 Å². The summed E-state index contributed by atoms with van der Waals surface area (Å²) in [5.74, 6) is 1.13. The lowest BCUT2D eigenvalue weighted by molar-refractivity contribution is -0.115. The molecule has 0 aliphatic carbocycles. The number of rotatable bonds is 9. The predicted molar refractivity (Wildman–Crippen MR) is 140 cm³/mol. The van der Waals surface area contributed by atoms with Crippen LogP contribution in [0.1, 0.15) is 17.8 Å². The van der Waals surface area contributed by atoms with Crippen molar-refractivity contribution in [1.29, 1.82) is 0 Å². The zero-order valence-corrected chi connectivity index (χ0v) is 20.8. The van der Waals surface area contributed by atoms with Crippen LogP contribution in [0.25, 0.3) is 5.69 Å². The number of amides is 1. The molecule has 1 aromatic heterocycles. The van der Waals surface area contributed by atoms with E-state index in [2.05, 4.69) is 33.8 Å². The Bertz CT molecular complexity index is 1260. The number of carbonyl (C=O) groups is 1. The van der Waals surface area contributed by atoms with Gasteiger partial charge in [0.05, 0.1) is 22.3 Å². The highest BCUT2D eigenvalue weighted by atomic mass is 35.5. The summed E-state index contributed by atoms with van der Waals surface area (Å²) in [5, 5.41) is 16.6. The fraction of sp³-hybridized carbons (Fsp3) is 0.160. The maximum atomic E-state index is 12.5. The topological polar surface area (TPSA) is 71.8 Å². The van der Waals surface area contributed by atoms with Gasteiger partial charge in [-0.1, -0.05) is 77.4 Å². The number of benzene rings is 3. The second kappa shape index (κ2) is 11.4. The molecule has 0 aliphatic rings. The Labute approximate surface area is 212 Å². The number of anilines is 2. The molecule has 4 aromatic rings. The first-order valence-corrected chi connectivity index (χ1v) is 12.4. The van der Waals surface area contributed by atoms with Crippen molar-refractivity contribution in [3.8, 4) is 5.69 Å². The molecule has 9 heteroatoms. The average molecular weight is 512 g/mol. The molecule has 34 heavy (non-hydrogen) atoms. The van der Waals surface area contributed by atoms with Crippen LogP contribution in [-0.2, 0) is 11.3 Å². The Morgan fingerprint density at radius 2 is 1.65 bits per heavy atom. The van der Waals surface area contributed by atoms with Gasteiger partial charge in [0.15, 0.2) is 11.0 Å². The number of aryl methyl sites for hydroxylation is 1. The van der Waals surface area contributed by atoms with Gasteiger partial charge in [0.1, 0.15) is 0 Å². The lowest BCUT2D eigenvalue weighted by Crippen LogP contribution is -2.13. The van der Waals surface area contributed by atoms with Crippen LogP contribution < -0.4 is 10.6 Å². The Hall–Kier alpha value is -3.00. The first-order chi connectivity index (χ1) is 16.5. The van der Waals surface area contributed by atoms with Gasteiger partial charge in [-0.3, -0.25) is 9.36 Å². The largest absolute Gasteiger partial charge is 0.378 e. The van der Waals surface area contributed by atoms with Gasteiger partial charge in [0.25, 0.3) is 0 Å². The molecular formula is C25H23Cl2N5OS. The fourth-order valence-electron chi connectivity index (χ4n) is 3.34. The molecule has 0 fully saturated rings. The number of para-hydroxylation sites is 3. The standard InChI is InChI=1S/C25H23Cl2N5OS/c1-17-8-5-6-13-21(17)28-16-22-30-31-25(32(22)18-9-3-2-4-10-18)34-15-14-23(33)29-24-19(26)11-7-12-20(24)27/h2-13,28H,14-16H2,1H3,(H,29,33). The van der Waals surface area contributed by atoms with Crippen molar-refractivity contribution < 1.29 is 4.79 Å². The summed E-state index contributed by atoms with van der Waals surface area (Å²) in [4.78, 5) is 12.5. The van der Waals surface area contributed by atoms with Crippen LogP contribution in [0.2, 0.25) is 10.0 Å². The molecule has 1 heterocycles. The van der Waals surface area contributed by atoms with E-state index in [0.717, 1.165) is 27.9 Å². The van der Waals surface area contributed by atoms with E-state index in [9.17, 15) is 4.79 Å². The summed E-state index contributed by atoms with van der Waals surface area (Å²) in [7, 11) is 0. The van der Waals surface area contributed by atoms with Crippen LogP contribution in [0.3, 0.4) is 0 Å². The number of aromatic nitrogens is 3. The molecule has 174 valence electrons. The van der Waals surface area contributed by atoms with Gasteiger partial charge in [0, 0.05) is 23.5 Å². The molecule has 4 rings (SSSR count). The van der Waals surface area contributed by atoms with Crippen molar-refractivity contribution in [2.75, 3.05) is 16.4 Å². The quantitative estimate of drug-likeness (QED) is 0.247. The number of hydrogen-bond donors (Lipinski definition) is 2. The van der Waals surface area contributed by atoms with E-state index in [1.807, 2.05) is 53.1 Å². The minimum absolute atomic E-state index is 0.172. The number of thioether (sulfide) groups is 1. The minimum atomic E-state index is -0.172. The smallest absolute Gasteiger partial charge is 0.225 e. The highest BCUT2D eigenvalue weighted by molar-refractivity contribution is 7.99. The molecule has 0 radical (unpaired) electrons. The van der Waals surface area contributed by atoms with Crippen molar-refractivity contribution in [1.82, 2.24) is 14.8 Å². The van der Waals surface area contributed by atoms with Crippen molar-refractivity contribution in [2.24, 2.45) is 0 Å². The third-order valence-electron chi connectivity index (χ3n) is 5.08. The van der Waals surface area contributed by atoms with Crippen molar-refractivity contribution >= 4 is 52.2 Å². The van der Waals surface area contributed by atoms with Crippen LogP contribution in [0.5, 0.6) is 0 Å². The van der Waals surface area contributed by atoms with Crippen LogP contribution >= 0.6 is 35.0 Å². The second-order valence-electron chi connectivity index (χ2n) is 7.48. The van der Waals surface area contributed by atoms with Crippen LogP contribution in [0.15, 0.2) is 78.0 Å². The lowest BCUT2D eigenvalue weighted by Gasteiger charge is -2.12. The zero-order valence-electron chi connectivity index (χ0n) is 18.5. The Morgan fingerprint density at radius 3 is 2.38 bits per heavy atom. The SMILES string of the molecule is Cc1ccccc1NCc1nnc(SCCC(=O)Nc2c(Cl)cccc2Cl)n1-c1ccccc1. The van der Waals surface area contributed by atoms with Crippen molar-refractivity contribution in [3.63, 3.8) is 0 Å². The summed E-state index contributed by atoms with van der Waals surface area (Å²) in [5.41, 5.74) is 3.60. The van der Waals surface area contributed by atoms with E-state index in [-0.39, 0.29) is 12.3 Å². The summed E-state index contributed by atoms with van der Waals surface area (Å²) in [6.45, 7) is 2.57. The number of nitrogens with zero attached hydrogens (tertiary/aromatic N) is 3. The molecule has 0 saturated carbocycles. The van der Waals surface area contributed by atoms with Crippen LogP contribution in [-0.4, -0.2) is 26.4 Å². The third kappa shape index (κ3) is 5.91. The molecule has 0 saturated heterocycles. The van der Waals surface area contributed by atoms with Gasteiger partial charge >= 0.3 is 0 Å². The summed E-state index contributed by atoms with van der Waals surface area (Å²) in [6, 6.07) is 23.2. The average Bonchev–Trinajstić information content (AvgIpc) is 3.24. The summed E-state index contributed by atoms with van der Waals surface area (Å²) in [6.07, 6.45) is 0.269. The second-order valence-corrected chi connectivity index (χ2v) is 9.36. The normalized spacial score (nSPS) is 10.8. The van der Waals surface area contributed by atoms with Crippen LogP contribution in [0, 0.1) is 6.92 Å². The molecule has 0 aliphatic heterocycles. The molecule has 2 N–H and O–H groups in total. The first-order valence-electron chi connectivity index (χ1n) is 10.7. The third-order valence-corrected chi connectivity index (χ3v) is 6.64. The van der Waals surface area contributed by atoms with E-state index in [4.69, 9.17) is 23.2 Å². The molecule has 0 spiro atoms. The van der Waals surface area contributed by atoms with E-state index in [1.54, 1.807) is 18.2 Å². The van der Waals surface area contributed by atoms with E-state index < -0.39 is 0 Å². The monoisotopic (exact) mass is 511 g/mol. The molecule has 3 aromatic carbocycles. The highest BCUT2D eigenvalue weighted by Gasteiger charge is 2.16. The van der Waals surface area contributed by atoms with E-state index in [0.29, 0.717) is 28.0 Å². The summed E-state index contributed by atoms with van der Waals surface area (Å²) >= 11 is 13.8. The Morgan fingerprint density at radius 1 is 0.941 bits per heavy atom. The molecule has 1 amide bonds. The molecule has 0 atom stereocenters. The summed E-state index contributed by atoms with van der Waals surface area (Å²) < 4.78 is 2.01. The molecular weight excluding hydrogens is 489 g/mol. The molecule has 6 nitrogen and oxygen atoms in total. The van der Waals surface area contributed by atoms with Gasteiger partial charge in [-0.05, 0) is 42.8 Å². The lowest BCUT2D eigenvalue weighted by atomic mass is 10.2. The van der Waals surface area contributed by atoms with Gasteiger partial charge < -0.3 is 10.6 Å². The number of nitrogens with one attached hydrogen (secondary N) is 2. The van der Waals surface area contributed by atoms with Gasteiger partial charge in [0.2, 0.25) is 5.91 Å². The molecule has 0 unspecified atom stereocenters. The number of hydrogen-bond acceptors (Lipinski definition) is 5. The van der Waals surface area contributed by atoms with Crippen molar-refractivity contribution in [3.05, 3.63) is 94.2 Å². The number of carbonyl (C=O) groups excluding carboxylic acids is 1. The van der Waals surface area contributed by atoms with Gasteiger partial charge in [-0.25, -0.2) is 0 Å². The maximum absolute atomic E-state index is 12.5. The predicted octanol–water partition coefficient (Wildman–Crippen LogP) is 6.62.